The van der Waals surface area contributed by atoms with Crippen molar-refractivity contribution in [1.29, 1.82) is 0 Å². The number of nitrogens with two attached hydrogens (primary N) is 1. The summed E-state index contributed by atoms with van der Waals surface area (Å²) in [5.74, 6) is 4.27. The molecule has 1 aliphatic heterocycles. The van der Waals surface area contributed by atoms with Crippen LogP contribution in [0.4, 0.5) is 5.69 Å². The zero-order valence-corrected chi connectivity index (χ0v) is 10.5. The van der Waals surface area contributed by atoms with E-state index in [-0.39, 0.29) is 0 Å². The molecule has 1 fully saturated rings. The molecule has 3 rings (SSSR count). The zero-order chi connectivity index (χ0) is 11.7. The van der Waals surface area contributed by atoms with Crippen LogP contribution in [0, 0.1) is 5.92 Å². The van der Waals surface area contributed by atoms with Gasteiger partial charge in [-0.15, -0.1) is 0 Å². The lowest BCUT2D eigenvalue weighted by atomic mass is 9.99. The maximum Gasteiger partial charge on any atom is 0.155 e. The van der Waals surface area contributed by atoms with Gasteiger partial charge in [0.15, 0.2) is 11.5 Å². The standard InChI is InChI=1S/C12H16N4S/c13-10-1-2-12-14-11(15-16(12)8-10)7-9-3-5-17-6-4-9/h1-2,8-9H,3-7,13H2. The van der Waals surface area contributed by atoms with Crippen LogP contribution >= 0.6 is 11.8 Å². The Kier molecular flexibility index (Phi) is 2.93. The van der Waals surface area contributed by atoms with Gasteiger partial charge in [0.05, 0.1) is 11.9 Å². The highest BCUT2D eigenvalue weighted by Gasteiger charge is 2.16. The summed E-state index contributed by atoms with van der Waals surface area (Å²) in [6.07, 6.45) is 5.41. The fraction of sp³-hybridized carbons (Fsp3) is 0.500. The molecule has 0 bridgehead atoms. The summed E-state index contributed by atoms with van der Waals surface area (Å²) in [7, 11) is 0. The third-order valence-corrected chi connectivity index (χ3v) is 4.26. The molecule has 2 N–H and O–H groups in total. The minimum absolute atomic E-state index is 0.725. The summed E-state index contributed by atoms with van der Waals surface area (Å²) in [4.78, 5) is 4.54. The number of nitrogen functional groups attached to an aromatic ring is 1. The molecule has 2 aromatic rings. The molecule has 5 heteroatoms. The first-order valence-electron chi connectivity index (χ1n) is 6.00. The van der Waals surface area contributed by atoms with Crippen molar-refractivity contribution in [2.75, 3.05) is 17.2 Å². The predicted molar refractivity (Wildman–Crippen MR) is 71.2 cm³/mol. The highest BCUT2D eigenvalue weighted by atomic mass is 32.2. The van der Waals surface area contributed by atoms with Crippen LogP contribution < -0.4 is 5.73 Å². The number of rotatable bonds is 2. The van der Waals surface area contributed by atoms with E-state index in [4.69, 9.17) is 5.73 Å². The van der Waals surface area contributed by atoms with Crippen molar-refractivity contribution < 1.29 is 0 Å². The van der Waals surface area contributed by atoms with Gasteiger partial charge < -0.3 is 5.73 Å². The van der Waals surface area contributed by atoms with Gasteiger partial charge in [-0.05, 0) is 42.4 Å². The van der Waals surface area contributed by atoms with Crippen molar-refractivity contribution in [3.63, 3.8) is 0 Å². The molecular weight excluding hydrogens is 232 g/mol. The van der Waals surface area contributed by atoms with Crippen molar-refractivity contribution in [3.05, 3.63) is 24.2 Å². The third-order valence-electron chi connectivity index (χ3n) is 3.21. The van der Waals surface area contributed by atoms with Crippen LogP contribution in [0.5, 0.6) is 0 Å². The topological polar surface area (TPSA) is 56.2 Å². The largest absolute Gasteiger partial charge is 0.397 e. The molecule has 90 valence electrons. The van der Waals surface area contributed by atoms with Crippen molar-refractivity contribution in [1.82, 2.24) is 14.6 Å². The van der Waals surface area contributed by atoms with Crippen LogP contribution in [0.3, 0.4) is 0 Å². The summed E-state index contributed by atoms with van der Waals surface area (Å²) in [5, 5.41) is 4.49. The first-order valence-corrected chi connectivity index (χ1v) is 7.15. The highest BCUT2D eigenvalue weighted by molar-refractivity contribution is 7.99. The van der Waals surface area contributed by atoms with Gasteiger partial charge in [0.25, 0.3) is 0 Å². The molecule has 1 saturated heterocycles. The van der Waals surface area contributed by atoms with Gasteiger partial charge in [0.2, 0.25) is 0 Å². The van der Waals surface area contributed by atoms with Crippen LogP contribution in [0.25, 0.3) is 5.65 Å². The van der Waals surface area contributed by atoms with Crippen molar-refractivity contribution in [3.8, 4) is 0 Å². The van der Waals surface area contributed by atoms with Crippen LogP contribution in [0.2, 0.25) is 0 Å². The van der Waals surface area contributed by atoms with Crippen LogP contribution in [0.15, 0.2) is 18.3 Å². The number of thioether (sulfide) groups is 1. The van der Waals surface area contributed by atoms with E-state index in [9.17, 15) is 0 Å². The second-order valence-electron chi connectivity index (χ2n) is 4.55. The number of hydrogen-bond acceptors (Lipinski definition) is 4. The SMILES string of the molecule is Nc1ccc2nc(CC3CCSCC3)nn2c1. The lowest BCUT2D eigenvalue weighted by Gasteiger charge is -2.19. The Morgan fingerprint density at radius 1 is 1.35 bits per heavy atom. The minimum atomic E-state index is 0.725. The number of nitrogens with zero attached hydrogens (tertiary/aromatic N) is 3. The number of aromatic nitrogens is 3. The van der Waals surface area contributed by atoms with Gasteiger partial charge in [-0.25, -0.2) is 9.50 Å². The fourth-order valence-electron chi connectivity index (χ4n) is 2.24. The number of hydrogen-bond donors (Lipinski definition) is 1. The summed E-state index contributed by atoms with van der Waals surface area (Å²) < 4.78 is 1.78. The lowest BCUT2D eigenvalue weighted by Crippen LogP contribution is -2.13. The molecule has 0 saturated carbocycles. The molecule has 4 nitrogen and oxygen atoms in total. The van der Waals surface area contributed by atoms with E-state index in [2.05, 4.69) is 21.8 Å². The maximum atomic E-state index is 5.73. The van der Waals surface area contributed by atoms with E-state index in [1.54, 1.807) is 4.52 Å². The number of pyridine rings is 1. The minimum Gasteiger partial charge on any atom is -0.397 e. The quantitative estimate of drug-likeness (QED) is 0.883. The summed E-state index contributed by atoms with van der Waals surface area (Å²) >= 11 is 2.05. The fourth-order valence-corrected chi connectivity index (χ4v) is 3.44. The molecule has 0 radical (unpaired) electrons. The summed E-state index contributed by atoms with van der Waals surface area (Å²) in [6.45, 7) is 0. The molecule has 0 spiro atoms. The molecule has 0 amide bonds. The van der Waals surface area contributed by atoms with E-state index in [0.29, 0.717) is 0 Å². The van der Waals surface area contributed by atoms with E-state index >= 15 is 0 Å². The number of fused-ring (bicyclic) bond motifs is 1. The Balaban J connectivity index is 1.80. The van der Waals surface area contributed by atoms with Gasteiger partial charge in [-0.2, -0.15) is 16.9 Å². The molecule has 1 aliphatic rings. The first-order chi connectivity index (χ1) is 8.31. The molecule has 3 heterocycles. The first kappa shape index (κ1) is 10.9. The summed E-state index contributed by atoms with van der Waals surface area (Å²) in [6, 6.07) is 3.79. The highest BCUT2D eigenvalue weighted by Crippen LogP contribution is 2.25. The van der Waals surface area contributed by atoms with E-state index in [1.165, 1.54) is 24.3 Å². The third kappa shape index (κ3) is 2.39. The van der Waals surface area contributed by atoms with E-state index in [0.717, 1.165) is 29.5 Å². The van der Waals surface area contributed by atoms with Crippen molar-refractivity contribution in [2.45, 2.75) is 19.3 Å². The Morgan fingerprint density at radius 2 is 2.18 bits per heavy atom. The molecule has 0 aliphatic carbocycles. The number of anilines is 1. The van der Waals surface area contributed by atoms with E-state index < -0.39 is 0 Å². The second-order valence-corrected chi connectivity index (χ2v) is 5.78. The van der Waals surface area contributed by atoms with Gasteiger partial charge >= 0.3 is 0 Å². The molecule has 0 unspecified atom stereocenters. The van der Waals surface area contributed by atoms with Gasteiger partial charge in [0.1, 0.15) is 0 Å². The average Bonchev–Trinajstić information content (AvgIpc) is 2.71. The Labute approximate surface area is 105 Å². The van der Waals surface area contributed by atoms with Gasteiger partial charge in [0, 0.05) is 6.42 Å². The second kappa shape index (κ2) is 4.56. The average molecular weight is 248 g/mol. The van der Waals surface area contributed by atoms with E-state index in [1.807, 2.05) is 18.3 Å². The Morgan fingerprint density at radius 3 is 3.00 bits per heavy atom. The van der Waals surface area contributed by atoms with Crippen LogP contribution in [0.1, 0.15) is 18.7 Å². The molecule has 0 atom stereocenters. The molecule has 17 heavy (non-hydrogen) atoms. The summed E-state index contributed by atoms with van der Waals surface area (Å²) in [5.41, 5.74) is 7.34. The monoisotopic (exact) mass is 248 g/mol. The predicted octanol–water partition coefficient (Wildman–Crippen LogP) is 2.00. The normalized spacial score (nSPS) is 17.6. The smallest absolute Gasteiger partial charge is 0.155 e. The Hall–Kier alpha value is -1.23. The van der Waals surface area contributed by atoms with Crippen molar-refractivity contribution in [2.24, 2.45) is 5.92 Å². The lowest BCUT2D eigenvalue weighted by molar-refractivity contribution is 0.476. The van der Waals surface area contributed by atoms with Gasteiger partial charge in [-0.3, -0.25) is 0 Å². The zero-order valence-electron chi connectivity index (χ0n) is 9.67. The molecule has 2 aromatic heterocycles. The Bertz CT molecular complexity index is 516. The van der Waals surface area contributed by atoms with Crippen LogP contribution in [-0.4, -0.2) is 26.1 Å². The molecular formula is C12H16N4S. The maximum absolute atomic E-state index is 5.73. The van der Waals surface area contributed by atoms with Crippen LogP contribution in [-0.2, 0) is 6.42 Å². The van der Waals surface area contributed by atoms with Gasteiger partial charge in [-0.1, -0.05) is 0 Å². The van der Waals surface area contributed by atoms with Crippen molar-refractivity contribution >= 4 is 23.1 Å². The molecule has 0 aromatic carbocycles.